The van der Waals surface area contributed by atoms with Crippen LogP contribution in [0.4, 0.5) is 8.78 Å². The maximum Gasteiger partial charge on any atom is 0.255 e. The summed E-state index contributed by atoms with van der Waals surface area (Å²) in [6.07, 6.45) is -3.91. The maximum absolute atomic E-state index is 12.3. The smallest absolute Gasteiger partial charge is 0.255 e. The van der Waals surface area contributed by atoms with E-state index in [-0.39, 0.29) is 13.2 Å². The van der Waals surface area contributed by atoms with Crippen LogP contribution in [0.3, 0.4) is 0 Å². The Labute approximate surface area is 59.1 Å². The van der Waals surface area contributed by atoms with E-state index in [1.807, 2.05) is 0 Å². The summed E-state index contributed by atoms with van der Waals surface area (Å²) >= 11 is 0. The van der Waals surface area contributed by atoms with Gasteiger partial charge >= 0.3 is 0 Å². The predicted molar refractivity (Wildman–Crippen MR) is 33.0 cm³/mol. The lowest BCUT2D eigenvalue weighted by molar-refractivity contribution is -0.182. The molecule has 0 saturated heterocycles. The first kappa shape index (κ1) is 9.78. The van der Waals surface area contributed by atoms with Crippen LogP contribution in [0, 0.1) is 0 Å². The summed E-state index contributed by atoms with van der Waals surface area (Å²) in [5.41, 5.74) is 0. The molecule has 0 fully saturated rings. The van der Waals surface area contributed by atoms with Crippen LogP contribution in [0.1, 0.15) is 13.8 Å². The van der Waals surface area contributed by atoms with E-state index < -0.39 is 12.7 Å². The lowest BCUT2D eigenvalue weighted by Gasteiger charge is -2.12. The highest BCUT2D eigenvalue weighted by molar-refractivity contribution is 4.44. The molecule has 0 aromatic rings. The molecule has 62 valence electrons. The molecule has 0 rings (SSSR count). The molecular formula is C6H12F2O2. The van der Waals surface area contributed by atoms with Gasteiger partial charge in [-0.1, -0.05) is 0 Å². The third kappa shape index (κ3) is 3.74. The van der Waals surface area contributed by atoms with Crippen LogP contribution in [-0.4, -0.2) is 25.9 Å². The van der Waals surface area contributed by atoms with E-state index in [4.69, 9.17) is 0 Å². The monoisotopic (exact) mass is 154 g/mol. The molecule has 0 bridgehead atoms. The highest BCUT2D eigenvalue weighted by Crippen LogP contribution is 2.06. The minimum atomic E-state index is -1.95. The second kappa shape index (κ2) is 5.56. The van der Waals surface area contributed by atoms with Crippen molar-refractivity contribution in [2.24, 2.45) is 0 Å². The molecule has 0 saturated carbocycles. The molecule has 4 heteroatoms. The second-order valence-electron chi connectivity index (χ2n) is 1.61. The van der Waals surface area contributed by atoms with Crippen LogP contribution < -0.4 is 0 Å². The first-order valence-corrected chi connectivity index (χ1v) is 3.23. The lowest BCUT2D eigenvalue weighted by Crippen LogP contribution is -2.23. The Morgan fingerprint density at radius 1 is 1.00 bits per heavy atom. The van der Waals surface area contributed by atoms with Gasteiger partial charge in [-0.2, -0.15) is 0 Å². The Balaban J connectivity index is 3.38. The molecule has 0 aliphatic heterocycles. The number of hydrogen-bond donors (Lipinski definition) is 0. The highest BCUT2D eigenvalue weighted by Gasteiger charge is 2.19. The minimum Gasteiger partial charge on any atom is -0.344 e. The second-order valence-corrected chi connectivity index (χ2v) is 1.61. The molecule has 0 spiro atoms. The van der Waals surface area contributed by atoms with Gasteiger partial charge in [-0.3, -0.25) is 0 Å². The van der Waals surface area contributed by atoms with Gasteiger partial charge in [0.2, 0.25) is 0 Å². The molecule has 0 radical (unpaired) electrons. The van der Waals surface area contributed by atoms with Crippen molar-refractivity contribution in [1.82, 2.24) is 0 Å². The first-order valence-electron chi connectivity index (χ1n) is 3.23. The van der Waals surface area contributed by atoms with Crippen molar-refractivity contribution >= 4 is 0 Å². The zero-order valence-corrected chi connectivity index (χ0v) is 6.14. The van der Waals surface area contributed by atoms with Crippen LogP contribution in [0.15, 0.2) is 0 Å². The van der Waals surface area contributed by atoms with Gasteiger partial charge in [0.1, 0.15) is 0 Å². The summed E-state index contributed by atoms with van der Waals surface area (Å²) in [6.45, 7) is 3.47. The van der Waals surface area contributed by atoms with E-state index in [1.165, 1.54) is 0 Å². The van der Waals surface area contributed by atoms with Crippen LogP contribution in [0.5, 0.6) is 0 Å². The number of hydrogen-bond acceptors (Lipinski definition) is 2. The maximum atomic E-state index is 12.3. The normalized spacial score (nSPS) is 16.8. The summed E-state index contributed by atoms with van der Waals surface area (Å²) in [5, 5.41) is 0. The summed E-state index contributed by atoms with van der Waals surface area (Å²) in [4.78, 5) is 0. The van der Waals surface area contributed by atoms with Crippen LogP contribution in [0.25, 0.3) is 0 Å². The van der Waals surface area contributed by atoms with E-state index in [0.717, 1.165) is 0 Å². The third-order valence-corrected chi connectivity index (χ3v) is 0.858. The number of rotatable bonds is 5. The van der Waals surface area contributed by atoms with E-state index in [9.17, 15) is 8.78 Å². The zero-order chi connectivity index (χ0) is 7.98. The van der Waals surface area contributed by atoms with Crippen LogP contribution in [0.2, 0.25) is 0 Å². The molecular weight excluding hydrogens is 142 g/mol. The van der Waals surface area contributed by atoms with E-state index in [1.54, 1.807) is 13.8 Å². The van der Waals surface area contributed by atoms with Crippen LogP contribution in [-0.2, 0) is 9.47 Å². The van der Waals surface area contributed by atoms with E-state index in [0.29, 0.717) is 0 Å². The van der Waals surface area contributed by atoms with Gasteiger partial charge in [0.15, 0.2) is 0 Å². The van der Waals surface area contributed by atoms with Gasteiger partial charge in [-0.15, -0.1) is 0 Å². The third-order valence-electron chi connectivity index (χ3n) is 0.858. The fourth-order valence-electron chi connectivity index (χ4n) is 0.470. The Hall–Kier alpha value is -0.220. The minimum absolute atomic E-state index is 0.147. The molecule has 0 amide bonds. The summed E-state index contributed by atoms with van der Waals surface area (Å²) in [7, 11) is 0. The number of halogens is 2. The standard InChI is InChI=1S/C6H12F2O2/c1-3-9-5(7)6(8)10-4-2/h5-6H,3-4H2,1-2H3. The van der Waals surface area contributed by atoms with Gasteiger partial charge in [0.25, 0.3) is 12.7 Å². The molecule has 0 N–H and O–H groups in total. The SMILES string of the molecule is CCOC(F)C(F)OCC. The summed E-state index contributed by atoms with van der Waals surface area (Å²) < 4.78 is 33.1. The molecule has 10 heavy (non-hydrogen) atoms. The van der Waals surface area contributed by atoms with Crippen molar-refractivity contribution in [2.45, 2.75) is 26.6 Å². The Morgan fingerprint density at radius 3 is 1.50 bits per heavy atom. The van der Waals surface area contributed by atoms with Crippen molar-refractivity contribution < 1.29 is 18.3 Å². The average Bonchev–Trinajstić information content (AvgIpc) is 1.89. The number of ether oxygens (including phenoxy) is 2. The largest absolute Gasteiger partial charge is 0.344 e. The van der Waals surface area contributed by atoms with Gasteiger partial charge in [-0.25, -0.2) is 8.78 Å². The highest BCUT2D eigenvalue weighted by atomic mass is 19.2. The van der Waals surface area contributed by atoms with Crippen molar-refractivity contribution in [3.8, 4) is 0 Å². The van der Waals surface area contributed by atoms with Gasteiger partial charge in [-0.05, 0) is 13.8 Å². The predicted octanol–water partition coefficient (Wildman–Crippen LogP) is 1.65. The van der Waals surface area contributed by atoms with E-state index in [2.05, 4.69) is 9.47 Å². The van der Waals surface area contributed by atoms with Crippen molar-refractivity contribution in [3.05, 3.63) is 0 Å². The molecule has 0 aromatic heterocycles. The molecule has 2 atom stereocenters. The average molecular weight is 154 g/mol. The molecule has 2 unspecified atom stereocenters. The van der Waals surface area contributed by atoms with Crippen LogP contribution >= 0.6 is 0 Å². The molecule has 2 nitrogen and oxygen atoms in total. The Bertz CT molecular complexity index is 70.1. The Morgan fingerprint density at radius 2 is 1.30 bits per heavy atom. The van der Waals surface area contributed by atoms with Crippen molar-refractivity contribution in [3.63, 3.8) is 0 Å². The summed E-state index contributed by atoms with van der Waals surface area (Å²) in [6, 6.07) is 0. The van der Waals surface area contributed by atoms with Crippen molar-refractivity contribution in [1.29, 1.82) is 0 Å². The fourth-order valence-corrected chi connectivity index (χ4v) is 0.470. The summed E-state index contributed by atoms with van der Waals surface area (Å²) in [5.74, 6) is 0. The Kier molecular flexibility index (Phi) is 5.43. The zero-order valence-electron chi connectivity index (χ0n) is 6.14. The van der Waals surface area contributed by atoms with Gasteiger partial charge in [0, 0.05) is 13.2 Å². The quantitative estimate of drug-likeness (QED) is 0.599. The van der Waals surface area contributed by atoms with Gasteiger partial charge in [0.05, 0.1) is 0 Å². The van der Waals surface area contributed by atoms with Gasteiger partial charge < -0.3 is 9.47 Å². The molecule has 0 aliphatic rings. The molecule has 0 aromatic carbocycles. The topological polar surface area (TPSA) is 18.5 Å². The molecule has 0 aliphatic carbocycles. The lowest BCUT2D eigenvalue weighted by atomic mass is 10.6. The van der Waals surface area contributed by atoms with E-state index >= 15 is 0 Å². The first-order chi connectivity index (χ1) is 4.72. The fraction of sp³-hybridized carbons (Fsp3) is 1.00. The molecule has 0 heterocycles. The van der Waals surface area contributed by atoms with Crippen molar-refractivity contribution in [2.75, 3.05) is 13.2 Å². The number of alkyl halides is 2.